The zero-order valence-electron chi connectivity index (χ0n) is 11.4. The van der Waals surface area contributed by atoms with Gasteiger partial charge in [-0.2, -0.15) is 0 Å². The van der Waals surface area contributed by atoms with Crippen LogP contribution in [0.15, 0.2) is 24.5 Å². The molecule has 1 aromatic heterocycles. The second-order valence-electron chi connectivity index (χ2n) is 5.79. The molecule has 1 aliphatic carbocycles. The fraction of sp³-hybridized carbons (Fsp3) is 0.625. The van der Waals surface area contributed by atoms with Crippen molar-refractivity contribution in [3.05, 3.63) is 30.1 Å². The van der Waals surface area contributed by atoms with E-state index in [4.69, 9.17) is 0 Å². The summed E-state index contributed by atoms with van der Waals surface area (Å²) in [4.78, 5) is 16.3. The number of carbonyl (C=O) groups excluding carboxylic acids is 1. The van der Waals surface area contributed by atoms with Crippen LogP contribution in [-0.2, 0) is 11.2 Å². The highest BCUT2D eigenvalue weighted by Gasteiger charge is 2.28. The van der Waals surface area contributed by atoms with Crippen molar-refractivity contribution < 1.29 is 4.79 Å². The van der Waals surface area contributed by atoms with Crippen molar-refractivity contribution in [3.8, 4) is 0 Å². The lowest BCUT2D eigenvalue weighted by Crippen LogP contribution is -2.26. The Kier molecular flexibility index (Phi) is 4.51. The molecule has 1 fully saturated rings. The molecule has 2 nitrogen and oxygen atoms in total. The van der Waals surface area contributed by atoms with E-state index in [0.29, 0.717) is 24.0 Å². The summed E-state index contributed by atoms with van der Waals surface area (Å²) in [5.74, 6) is 2.25. The van der Waals surface area contributed by atoms with Gasteiger partial charge in [-0.25, -0.2) is 0 Å². The number of pyridine rings is 1. The zero-order chi connectivity index (χ0) is 13.0. The van der Waals surface area contributed by atoms with Gasteiger partial charge in [0, 0.05) is 24.7 Å². The Balaban J connectivity index is 1.82. The maximum absolute atomic E-state index is 12.2. The van der Waals surface area contributed by atoms with Gasteiger partial charge in [0.15, 0.2) is 0 Å². The lowest BCUT2D eigenvalue weighted by Gasteiger charge is -2.31. The van der Waals surface area contributed by atoms with Gasteiger partial charge in [-0.3, -0.25) is 9.78 Å². The molecule has 1 saturated carbocycles. The van der Waals surface area contributed by atoms with E-state index in [9.17, 15) is 4.79 Å². The molecular formula is C16H23NO. The van der Waals surface area contributed by atoms with Crippen LogP contribution in [0.4, 0.5) is 0 Å². The second-order valence-corrected chi connectivity index (χ2v) is 5.79. The number of ketones is 1. The SMILES string of the molecule is CC1CCC(C(=O)CCc2cccnc2)CC1C. The van der Waals surface area contributed by atoms with Crippen LogP contribution in [0.2, 0.25) is 0 Å². The number of hydrogen-bond acceptors (Lipinski definition) is 2. The minimum absolute atomic E-state index is 0.313. The minimum Gasteiger partial charge on any atom is -0.299 e. The highest BCUT2D eigenvalue weighted by atomic mass is 16.1. The highest BCUT2D eigenvalue weighted by molar-refractivity contribution is 5.81. The molecule has 0 N–H and O–H groups in total. The molecule has 2 heteroatoms. The average Bonchev–Trinajstić information content (AvgIpc) is 2.40. The standard InChI is InChI=1S/C16H23NO/c1-12-5-7-15(10-13(12)2)16(18)8-6-14-4-3-9-17-11-14/h3-4,9,11-13,15H,5-8,10H2,1-2H3. The normalized spacial score (nSPS) is 28.0. The molecule has 0 aliphatic heterocycles. The van der Waals surface area contributed by atoms with Gasteiger partial charge in [-0.05, 0) is 49.1 Å². The molecule has 3 atom stereocenters. The van der Waals surface area contributed by atoms with E-state index < -0.39 is 0 Å². The van der Waals surface area contributed by atoms with Gasteiger partial charge in [0.05, 0.1) is 0 Å². The van der Waals surface area contributed by atoms with Crippen LogP contribution < -0.4 is 0 Å². The van der Waals surface area contributed by atoms with E-state index in [1.165, 1.54) is 12.0 Å². The monoisotopic (exact) mass is 245 g/mol. The Morgan fingerprint density at radius 3 is 2.83 bits per heavy atom. The maximum atomic E-state index is 12.2. The second kappa shape index (κ2) is 6.12. The third kappa shape index (κ3) is 3.41. The molecule has 0 bridgehead atoms. The number of nitrogens with zero attached hydrogens (tertiary/aromatic N) is 1. The Morgan fingerprint density at radius 1 is 1.33 bits per heavy atom. The van der Waals surface area contributed by atoms with E-state index in [1.807, 2.05) is 18.3 Å². The van der Waals surface area contributed by atoms with Crippen LogP contribution >= 0.6 is 0 Å². The van der Waals surface area contributed by atoms with Crippen molar-refractivity contribution in [2.45, 2.75) is 46.0 Å². The molecule has 18 heavy (non-hydrogen) atoms. The first-order valence-electron chi connectivity index (χ1n) is 7.08. The molecule has 1 aliphatic rings. The third-order valence-corrected chi connectivity index (χ3v) is 4.44. The summed E-state index contributed by atoms with van der Waals surface area (Å²) in [7, 11) is 0. The van der Waals surface area contributed by atoms with Crippen molar-refractivity contribution in [1.29, 1.82) is 0 Å². The molecule has 3 unspecified atom stereocenters. The van der Waals surface area contributed by atoms with Crippen LogP contribution in [-0.4, -0.2) is 10.8 Å². The number of aryl methyl sites for hydroxylation is 1. The van der Waals surface area contributed by atoms with Gasteiger partial charge in [0.2, 0.25) is 0 Å². The zero-order valence-corrected chi connectivity index (χ0v) is 11.4. The summed E-state index contributed by atoms with van der Waals surface area (Å²) in [6.07, 6.45) is 8.55. The predicted molar refractivity (Wildman–Crippen MR) is 73.2 cm³/mol. The molecular weight excluding hydrogens is 222 g/mol. The molecule has 0 radical (unpaired) electrons. The summed E-state index contributed by atoms with van der Waals surface area (Å²) in [5.41, 5.74) is 1.17. The van der Waals surface area contributed by atoms with Crippen molar-refractivity contribution in [2.75, 3.05) is 0 Å². The first kappa shape index (κ1) is 13.3. The largest absolute Gasteiger partial charge is 0.299 e. The van der Waals surface area contributed by atoms with E-state index in [0.717, 1.165) is 25.2 Å². The van der Waals surface area contributed by atoms with Crippen LogP contribution in [0.25, 0.3) is 0 Å². The van der Waals surface area contributed by atoms with Crippen molar-refractivity contribution in [1.82, 2.24) is 4.98 Å². The van der Waals surface area contributed by atoms with Gasteiger partial charge < -0.3 is 0 Å². The van der Waals surface area contributed by atoms with Crippen molar-refractivity contribution >= 4 is 5.78 Å². The van der Waals surface area contributed by atoms with Gasteiger partial charge in [0.25, 0.3) is 0 Å². The summed E-state index contributed by atoms with van der Waals surface area (Å²) in [6.45, 7) is 4.59. The Morgan fingerprint density at radius 2 is 2.17 bits per heavy atom. The van der Waals surface area contributed by atoms with Crippen molar-refractivity contribution in [3.63, 3.8) is 0 Å². The fourth-order valence-electron chi connectivity index (χ4n) is 2.86. The molecule has 98 valence electrons. The van der Waals surface area contributed by atoms with E-state index in [2.05, 4.69) is 18.8 Å². The van der Waals surface area contributed by atoms with E-state index in [1.54, 1.807) is 6.20 Å². The summed E-state index contributed by atoms with van der Waals surface area (Å²) in [6, 6.07) is 3.98. The smallest absolute Gasteiger partial charge is 0.136 e. The van der Waals surface area contributed by atoms with Crippen molar-refractivity contribution in [2.24, 2.45) is 17.8 Å². The quantitative estimate of drug-likeness (QED) is 0.810. The lowest BCUT2D eigenvalue weighted by molar-refractivity contribution is -0.124. The summed E-state index contributed by atoms with van der Waals surface area (Å²) >= 11 is 0. The third-order valence-electron chi connectivity index (χ3n) is 4.44. The molecule has 0 aromatic carbocycles. The van der Waals surface area contributed by atoms with E-state index >= 15 is 0 Å². The molecule has 2 rings (SSSR count). The lowest BCUT2D eigenvalue weighted by atomic mass is 9.74. The summed E-state index contributed by atoms with van der Waals surface area (Å²) in [5, 5.41) is 0. The molecule has 1 aromatic rings. The topological polar surface area (TPSA) is 30.0 Å². The first-order valence-corrected chi connectivity index (χ1v) is 7.08. The highest BCUT2D eigenvalue weighted by Crippen LogP contribution is 2.34. The van der Waals surface area contributed by atoms with Crippen LogP contribution in [0.1, 0.15) is 45.1 Å². The van der Waals surface area contributed by atoms with Crippen LogP contribution in [0.5, 0.6) is 0 Å². The summed E-state index contributed by atoms with van der Waals surface area (Å²) < 4.78 is 0. The van der Waals surface area contributed by atoms with Gasteiger partial charge in [-0.1, -0.05) is 19.9 Å². The van der Waals surface area contributed by atoms with Crippen LogP contribution in [0, 0.1) is 17.8 Å². The maximum Gasteiger partial charge on any atom is 0.136 e. The fourth-order valence-corrected chi connectivity index (χ4v) is 2.86. The Hall–Kier alpha value is -1.18. The number of aromatic nitrogens is 1. The first-order chi connectivity index (χ1) is 8.66. The molecule has 1 heterocycles. The molecule has 0 saturated heterocycles. The predicted octanol–water partition coefficient (Wildman–Crippen LogP) is 3.66. The Bertz CT molecular complexity index is 387. The van der Waals surface area contributed by atoms with Gasteiger partial charge >= 0.3 is 0 Å². The number of rotatable bonds is 4. The van der Waals surface area contributed by atoms with Gasteiger partial charge in [-0.15, -0.1) is 0 Å². The molecule has 0 amide bonds. The van der Waals surface area contributed by atoms with E-state index in [-0.39, 0.29) is 0 Å². The number of carbonyl (C=O) groups is 1. The van der Waals surface area contributed by atoms with Crippen LogP contribution in [0.3, 0.4) is 0 Å². The molecule has 0 spiro atoms. The number of Topliss-reactive ketones (excluding diaryl/α,β-unsaturated/α-hetero) is 1. The average molecular weight is 245 g/mol. The van der Waals surface area contributed by atoms with Gasteiger partial charge in [0.1, 0.15) is 5.78 Å². The minimum atomic E-state index is 0.313. The Labute approximate surface area is 110 Å². The number of hydrogen-bond donors (Lipinski definition) is 0.